The maximum Gasteiger partial charge on any atom is 0.226 e. The second-order valence-corrected chi connectivity index (χ2v) is 6.62. The lowest BCUT2D eigenvalue weighted by Crippen LogP contribution is -2.41. The molecule has 0 unspecified atom stereocenters. The van der Waals surface area contributed by atoms with Crippen molar-refractivity contribution in [2.75, 3.05) is 13.6 Å². The van der Waals surface area contributed by atoms with Gasteiger partial charge in [0.05, 0.1) is 9.20 Å². The molecule has 0 aliphatic carbocycles. The molecule has 0 saturated heterocycles. The van der Waals surface area contributed by atoms with Crippen molar-refractivity contribution < 1.29 is 4.79 Å². The van der Waals surface area contributed by atoms with Crippen LogP contribution in [-0.4, -0.2) is 19.5 Å². The molecule has 1 aromatic rings. The number of carbonyl (C=O) groups is 1. The number of nitrogens with one attached hydrogen (secondary N) is 2. The summed E-state index contributed by atoms with van der Waals surface area (Å²) in [4.78, 5) is 11.5. The summed E-state index contributed by atoms with van der Waals surface area (Å²) in [6, 6.07) is 2.09. The highest BCUT2D eigenvalue weighted by Gasteiger charge is 2.25. The standard InChI is InChI=1S/C11H17BrN2OS/c1-11(2,10(15)13-3)7-14-5-8-4-9(12)16-6-8/h4,6,14H,5,7H2,1-3H3,(H,13,15). The van der Waals surface area contributed by atoms with Crippen LogP contribution in [0.5, 0.6) is 0 Å². The Labute approximate surface area is 109 Å². The van der Waals surface area contributed by atoms with E-state index in [2.05, 4.69) is 38.0 Å². The van der Waals surface area contributed by atoms with Gasteiger partial charge in [-0.3, -0.25) is 4.79 Å². The van der Waals surface area contributed by atoms with Crippen LogP contribution in [0.4, 0.5) is 0 Å². The third-order valence-electron chi connectivity index (χ3n) is 2.36. The molecule has 0 aromatic carbocycles. The second kappa shape index (κ2) is 5.80. The lowest BCUT2D eigenvalue weighted by molar-refractivity contribution is -0.128. The van der Waals surface area contributed by atoms with E-state index in [0.29, 0.717) is 6.54 Å². The lowest BCUT2D eigenvalue weighted by Gasteiger charge is -2.22. The first kappa shape index (κ1) is 13.7. The number of halogens is 1. The minimum atomic E-state index is -0.373. The van der Waals surface area contributed by atoms with Gasteiger partial charge in [-0.1, -0.05) is 0 Å². The van der Waals surface area contributed by atoms with Crippen LogP contribution in [0.2, 0.25) is 0 Å². The van der Waals surface area contributed by atoms with Crippen LogP contribution in [0.15, 0.2) is 15.2 Å². The zero-order valence-electron chi connectivity index (χ0n) is 9.76. The molecule has 1 aromatic heterocycles. The lowest BCUT2D eigenvalue weighted by atomic mass is 9.92. The van der Waals surface area contributed by atoms with E-state index in [1.165, 1.54) is 5.56 Å². The Kier molecular flexibility index (Phi) is 4.95. The number of hydrogen-bond acceptors (Lipinski definition) is 3. The Balaban J connectivity index is 2.38. The number of hydrogen-bond donors (Lipinski definition) is 2. The monoisotopic (exact) mass is 304 g/mol. The van der Waals surface area contributed by atoms with Gasteiger partial charge >= 0.3 is 0 Å². The van der Waals surface area contributed by atoms with Gasteiger partial charge in [0, 0.05) is 20.1 Å². The van der Waals surface area contributed by atoms with Crippen molar-refractivity contribution in [2.45, 2.75) is 20.4 Å². The zero-order valence-corrected chi connectivity index (χ0v) is 12.2. The fourth-order valence-electron chi connectivity index (χ4n) is 1.38. The second-order valence-electron chi connectivity index (χ2n) is 4.33. The number of rotatable bonds is 5. The molecule has 2 N–H and O–H groups in total. The van der Waals surface area contributed by atoms with Crippen molar-refractivity contribution in [2.24, 2.45) is 5.41 Å². The fourth-order valence-corrected chi connectivity index (χ4v) is 2.59. The summed E-state index contributed by atoms with van der Waals surface area (Å²) in [6.07, 6.45) is 0. The predicted octanol–water partition coefficient (Wildman–Crippen LogP) is 2.37. The molecule has 0 aliphatic rings. The quantitative estimate of drug-likeness (QED) is 0.877. The van der Waals surface area contributed by atoms with Crippen molar-refractivity contribution in [3.8, 4) is 0 Å². The molecule has 16 heavy (non-hydrogen) atoms. The number of amides is 1. The number of carbonyl (C=O) groups excluding carboxylic acids is 1. The van der Waals surface area contributed by atoms with Crippen LogP contribution in [0.25, 0.3) is 0 Å². The molecule has 0 aliphatic heterocycles. The molecule has 1 amide bonds. The summed E-state index contributed by atoms with van der Waals surface area (Å²) in [5.74, 6) is 0.0616. The van der Waals surface area contributed by atoms with E-state index < -0.39 is 0 Å². The van der Waals surface area contributed by atoms with Gasteiger partial charge in [0.15, 0.2) is 0 Å². The first-order chi connectivity index (χ1) is 7.45. The van der Waals surface area contributed by atoms with Crippen LogP contribution < -0.4 is 10.6 Å². The Morgan fingerprint density at radius 3 is 2.75 bits per heavy atom. The summed E-state index contributed by atoms with van der Waals surface area (Å²) in [5.41, 5.74) is 0.867. The molecular weight excluding hydrogens is 288 g/mol. The Hall–Kier alpha value is -0.390. The maximum absolute atomic E-state index is 11.5. The molecule has 0 fully saturated rings. The molecule has 3 nitrogen and oxygen atoms in total. The average Bonchev–Trinajstić information content (AvgIpc) is 2.62. The molecule has 0 saturated carbocycles. The summed E-state index contributed by atoms with van der Waals surface area (Å²) < 4.78 is 1.13. The fraction of sp³-hybridized carbons (Fsp3) is 0.545. The SMILES string of the molecule is CNC(=O)C(C)(C)CNCc1csc(Br)c1. The van der Waals surface area contributed by atoms with Crippen molar-refractivity contribution in [1.82, 2.24) is 10.6 Å². The van der Waals surface area contributed by atoms with Crippen molar-refractivity contribution in [1.29, 1.82) is 0 Å². The van der Waals surface area contributed by atoms with Gasteiger partial charge in [0.1, 0.15) is 0 Å². The summed E-state index contributed by atoms with van der Waals surface area (Å²) in [6.45, 7) is 5.33. The zero-order chi connectivity index (χ0) is 12.2. The van der Waals surface area contributed by atoms with Crippen LogP contribution >= 0.6 is 27.3 Å². The van der Waals surface area contributed by atoms with E-state index in [-0.39, 0.29) is 11.3 Å². The van der Waals surface area contributed by atoms with Crippen LogP contribution in [0, 0.1) is 5.41 Å². The van der Waals surface area contributed by atoms with Gasteiger partial charge in [0.2, 0.25) is 5.91 Å². The molecule has 0 bridgehead atoms. The normalized spacial score (nSPS) is 11.5. The summed E-state index contributed by atoms with van der Waals surface area (Å²) in [5, 5.41) is 8.07. The highest BCUT2D eigenvalue weighted by Crippen LogP contribution is 2.20. The summed E-state index contributed by atoms with van der Waals surface area (Å²) >= 11 is 5.10. The number of thiophene rings is 1. The third-order valence-corrected chi connectivity index (χ3v) is 3.91. The van der Waals surface area contributed by atoms with Crippen molar-refractivity contribution in [3.63, 3.8) is 0 Å². The van der Waals surface area contributed by atoms with Gasteiger partial charge in [-0.15, -0.1) is 11.3 Å². The van der Waals surface area contributed by atoms with Gasteiger partial charge < -0.3 is 10.6 Å². The van der Waals surface area contributed by atoms with Crippen LogP contribution in [-0.2, 0) is 11.3 Å². The smallest absolute Gasteiger partial charge is 0.226 e. The molecular formula is C11H17BrN2OS. The van der Waals surface area contributed by atoms with Crippen LogP contribution in [0.3, 0.4) is 0 Å². The van der Waals surface area contributed by atoms with E-state index in [0.717, 1.165) is 10.3 Å². The largest absolute Gasteiger partial charge is 0.359 e. The minimum Gasteiger partial charge on any atom is -0.359 e. The van der Waals surface area contributed by atoms with Gasteiger partial charge in [-0.05, 0) is 46.8 Å². The van der Waals surface area contributed by atoms with Gasteiger partial charge in [-0.25, -0.2) is 0 Å². The first-order valence-electron chi connectivity index (χ1n) is 5.11. The molecule has 5 heteroatoms. The van der Waals surface area contributed by atoms with E-state index in [1.54, 1.807) is 18.4 Å². The van der Waals surface area contributed by atoms with Crippen molar-refractivity contribution >= 4 is 33.2 Å². The highest BCUT2D eigenvalue weighted by atomic mass is 79.9. The predicted molar refractivity (Wildman–Crippen MR) is 71.6 cm³/mol. The molecule has 0 radical (unpaired) electrons. The van der Waals surface area contributed by atoms with Gasteiger partial charge in [-0.2, -0.15) is 0 Å². The first-order valence-corrected chi connectivity index (χ1v) is 6.79. The Bertz CT molecular complexity index is 363. The highest BCUT2D eigenvalue weighted by molar-refractivity contribution is 9.11. The van der Waals surface area contributed by atoms with E-state index in [9.17, 15) is 4.79 Å². The van der Waals surface area contributed by atoms with E-state index in [1.807, 2.05) is 13.8 Å². The molecule has 90 valence electrons. The molecule has 0 atom stereocenters. The van der Waals surface area contributed by atoms with E-state index >= 15 is 0 Å². The van der Waals surface area contributed by atoms with Crippen LogP contribution in [0.1, 0.15) is 19.4 Å². The maximum atomic E-state index is 11.5. The Morgan fingerprint density at radius 2 is 2.25 bits per heavy atom. The molecule has 0 spiro atoms. The summed E-state index contributed by atoms with van der Waals surface area (Å²) in [7, 11) is 1.67. The third kappa shape index (κ3) is 3.88. The molecule has 1 rings (SSSR count). The Morgan fingerprint density at radius 1 is 1.56 bits per heavy atom. The average molecular weight is 305 g/mol. The minimum absolute atomic E-state index is 0.0616. The van der Waals surface area contributed by atoms with Gasteiger partial charge in [0.25, 0.3) is 0 Å². The topological polar surface area (TPSA) is 41.1 Å². The molecule has 1 heterocycles. The van der Waals surface area contributed by atoms with Crippen molar-refractivity contribution in [3.05, 3.63) is 20.8 Å². The van der Waals surface area contributed by atoms with E-state index in [4.69, 9.17) is 0 Å².